The minimum Gasteiger partial charge on any atom is -0.406 e. The molecule has 0 radical (unpaired) electrons. The van der Waals surface area contributed by atoms with E-state index in [1.807, 2.05) is 24.3 Å². The largest absolute Gasteiger partial charge is 0.573 e. The maximum atomic E-state index is 12.2. The maximum Gasteiger partial charge on any atom is 0.573 e. The Labute approximate surface area is 167 Å². The summed E-state index contributed by atoms with van der Waals surface area (Å²) < 4.78 is 40.3. The number of carbonyl (C=O) groups excluding carboxylic acids is 1. The van der Waals surface area contributed by atoms with E-state index in [-0.39, 0.29) is 17.1 Å². The van der Waals surface area contributed by atoms with Gasteiger partial charge in [0.15, 0.2) is 5.84 Å². The number of nitrogens with zero attached hydrogens (tertiary/aromatic N) is 1. The number of alkyl halides is 3. The van der Waals surface area contributed by atoms with Crippen molar-refractivity contribution in [2.24, 2.45) is 16.8 Å². The summed E-state index contributed by atoms with van der Waals surface area (Å²) in [6.45, 7) is 5.95. The molecule has 0 aliphatic carbocycles. The molecule has 0 heterocycles. The van der Waals surface area contributed by atoms with Crippen molar-refractivity contribution in [3.63, 3.8) is 0 Å². The molecule has 2 aromatic carbocycles. The lowest BCUT2D eigenvalue weighted by molar-refractivity contribution is -0.274. The summed E-state index contributed by atoms with van der Waals surface area (Å²) in [5.41, 5.74) is 7.99. The summed E-state index contributed by atoms with van der Waals surface area (Å²) in [5.74, 6) is -1.14. The molecule has 29 heavy (non-hydrogen) atoms. The second kappa shape index (κ2) is 9.45. The van der Waals surface area contributed by atoms with Gasteiger partial charge in [-0.05, 0) is 54.7 Å². The Morgan fingerprint density at radius 1 is 1.03 bits per heavy atom. The molecule has 2 rings (SSSR count). The Kier molecular flexibility index (Phi) is 7.25. The van der Waals surface area contributed by atoms with Crippen LogP contribution in [-0.2, 0) is 16.1 Å². The fourth-order valence-electron chi connectivity index (χ4n) is 2.60. The number of nitrogens with two attached hydrogens (primary N) is 1. The molecule has 0 amide bonds. The summed E-state index contributed by atoms with van der Waals surface area (Å²) in [7, 11) is 0. The van der Waals surface area contributed by atoms with Crippen LogP contribution in [0.25, 0.3) is 0 Å². The van der Waals surface area contributed by atoms with Crippen LogP contribution in [0.1, 0.15) is 43.4 Å². The van der Waals surface area contributed by atoms with E-state index in [9.17, 15) is 18.0 Å². The molecule has 0 bridgehead atoms. The monoisotopic (exact) mass is 408 g/mol. The van der Waals surface area contributed by atoms with E-state index in [0.717, 1.165) is 24.1 Å². The van der Waals surface area contributed by atoms with Crippen molar-refractivity contribution >= 4 is 11.8 Å². The summed E-state index contributed by atoms with van der Waals surface area (Å²) >= 11 is 0. The molecule has 1 atom stereocenters. The lowest BCUT2D eigenvalue weighted by atomic mass is 9.97. The predicted octanol–water partition coefficient (Wildman–Crippen LogP) is 4.75. The highest BCUT2D eigenvalue weighted by molar-refractivity contribution is 5.97. The Morgan fingerprint density at radius 2 is 1.62 bits per heavy atom. The average Bonchev–Trinajstić information content (AvgIpc) is 2.64. The first-order chi connectivity index (χ1) is 13.5. The third-order valence-electron chi connectivity index (χ3n) is 4.09. The molecular formula is C21H23F3N2O3. The van der Waals surface area contributed by atoms with Gasteiger partial charge in [0.2, 0.25) is 0 Å². The van der Waals surface area contributed by atoms with E-state index in [1.54, 1.807) is 6.92 Å². The topological polar surface area (TPSA) is 73.9 Å². The average molecular weight is 408 g/mol. The van der Waals surface area contributed by atoms with Gasteiger partial charge in [-0.3, -0.25) is 0 Å². The fourth-order valence-corrected chi connectivity index (χ4v) is 2.60. The predicted molar refractivity (Wildman–Crippen MR) is 103 cm³/mol. The number of amidine groups is 1. The van der Waals surface area contributed by atoms with Crippen LogP contribution in [0, 0.1) is 5.92 Å². The lowest BCUT2D eigenvalue weighted by Crippen LogP contribution is -2.18. The molecule has 0 aliphatic heterocycles. The lowest BCUT2D eigenvalue weighted by Gasteiger charge is -2.11. The van der Waals surface area contributed by atoms with Crippen molar-refractivity contribution in [1.82, 2.24) is 0 Å². The Morgan fingerprint density at radius 3 is 2.14 bits per heavy atom. The molecule has 0 spiro atoms. The minimum atomic E-state index is -4.78. The van der Waals surface area contributed by atoms with Crippen molar-refractivity contribution in [2.45, 2.75) is 39.5 Å². The van der Waals surface area contributed by atoms with Crippen molar-refractivity contribution in [3.05, 3.63) is 65.2 Å². The van der Waals surface area contributed by atoms with Gasteiger partial charge in [0.05, 0.1) is 5.92 Å². The second-order valence-corrected chi connectivity index (χ2v) is 7.02. The van der Waals surface area contributed by atoms with Crippen LogP contribution in [0.4, 0.5) is 13.2 Å². The minimum absolute atomic E-state index is 0.142. The van der Waals surface area contributed by atoms with Crippen molar-refractivity contribution in [2.75, 3.05) is 0 Å². The Bertz CT molecular complexity index is 845. The van der Waals surface area contributed by atoms with Gasteiger partial charge >= 0.3 is 12.3 Å². The van der Waals surface area contributed by atoms with Gasteiger partial charge in [0.1, 0.15) is 5.75 Å². The molecule has 0 aromatic heterocycles. The van der Waals surface area contributed by atoms with Crippen LogP contribution in [-0.4, -0.2) is 18.2 Å². The van der Waals surface area contributed by atoms with Gasteiger partial charge in [-0.25, -0.2) is 4.79 Å². The normalized spacial score (nSPS) is 13.3. The van der Waals surface area contributed by atoms with Gasteiger partial charge in [0.25, 0.3) is 0 Å². The highest BCUT2D eigenvalue weighted by Crippen LogP contribution is 2.23. The number of carbonyl (C=O) groups is 1. The number of hydrogen-bond acceptors (Lipinski definition) is 4. The Balaban J connectivity index is 1.98. The second-order valence-electron chi connectivity index (χ2n) is 7.02. The summed E-state index contributed by atoms with van der Waals surface area (Å²) in [6.07, 6.45) is -3.83. The molecule has 0 aliphatic rings. The number of halogens is 3. The van der Waals surface area contributed by atoms with Crippen LogP contribution < -0.4 is 10.5 Å². The zero-order valence-corrected chi connectivity index (χ0v) is 16.4. The third-order valence-corrected chi connectivity index (χ3v) is 4.09. The summed E-state index contributed by atoms with van der Waals surface area (Å²) in [6, 6.07) is 12.4. The van der Waals surface area contributed by atoms with E-state index in [4.69, 9.17) is 10.6 Å². The van der Waals surface area contributed by atoms with Crippen LogP contribution >= 0.6 is 0 Å². The highest BCUT2D eigenvalue weighted by Gasteiger charge is 2.31. The van der Waals surface area contributed by atoms with E-state index >= 15 is 0 Å². The number of benzene rings is 2. The molecule has 5 nitrogen and oxygen atoms in total. The maximum absolute atomic E-state index is 12.2. The first-order valence-electron chi connectivity index (χ1n) is 9.04. The van der Waals surface area contributed by atoms with E-state index in [2.05, 4.69) is 23.7 Å². The number of rotatable bonds is 7. The molecule has 0 fully saturated rings. The van der Waals surface area contributed by atoms with Gasteiger partial charge in [0, 0.05) is 5.56 Å². The SMILES string of the molecule is CC(C)Cc1ccc(C(C)C(=O)ON=C(N)c2ccc(OC(F)(F)F)cc2)cc1. The zero-order valence-electron chi connectivity index (χ0n) is 16.4. The van der Waals surface area contributed by atoms with Gasteiger partial charge in [-0.1, -0.05) is 43.3 Å². The van der Waals surface area contributed by atoms with Crippen LogP contribution in [0.2, 0.25) is 0 Å². The standard InChI is InChI=1S/C21H23F3N2O3/c1-13(2)12-15-4-6-16(7-5-15)14(3)20(27)29-26-19(25)17-8-10-18(11-9-17)28-21(22,23)24/h4-11,13-14H,12H2,1-3H3,(H2,25,26). The molecule has 1 unspecified atom stereocenters. The first-order valence-corrected chi connectivity index (χ1v) is 9.04. The highest BCUT2D eigenvalue weighted by atomic mass is 19.4. The Hall–Kier alpha value is -3.03. The first kappa shape index (κ1) is 22.3. The molecule has 8 heteroatoms. The fraction of sp³-hybridized carbons (Fsp3) is 0.333. The summed E-state index contributed by atoms with van der Waals surface area (Å²) in [5, 5.41) is 3.58. The quantitative estimate of drug-likeness (QED) is 0.311. The van der Waals surface area contributed by atoms with Crippen LogP contribution in [0.5, 0.6) is 5.75 Å². The van der Waals surface area contributed by atoms with E-state index < -0.39 is 18.2 Å². The van der Waals surface area contributed by atoms with Crippen LogP contribution in [0.15, 0.2) is 53.7 Å². The van der Waals surface area contributed by atoms with E-state index in [0.29, 0.717) is 5.92 Å². The van der Waals surface area contributed by atoms with Crippen LogP contribution in [0.3, 0.4) is 0 Å². The molecule has 0 saturated carbocycles. The zero-order chi connectivity index (χ0) is 21.6. The third kappa shape index (κ3) is 7.14. The van der Waals surface area contributed by atoms with E-state index in [1.165, 1.54) is 17.7 Å². The number of oxime groups is 1. The molecule has 0 saturated heterocycles. The van der Waals surface area contributed by atoms with Crippen molar-refractivity contribution in [1.29, 1.82) is 0 Å². The van der Waals surface area contributed by atoms with Gasteiger partial charge in [-0.15, -0.1) is 13.2 Å². The van der Waals surface area contributed by atoms with Crippen molar-refractivity contribution < 1.29 is 27.5 Å². The molecule has 2 N–H and O–H groups in total. The smallest absolute Gasteiger partial charge is 0.406 e. The van der Waals surface area contributed by atoms with Crippen molar-refractivity contribution in [3.8, 4) is 5.75 Å². The van der Waals surface area contributed by atoms with Gasteiger partial charge in [-0.2, -0.15) is 0 Å². The summed E-state index contributed by atoms with van der Waals surface area (Å²) in [4.78, 5) is 17.1. The molecular weight excluding hydrogens is 385 g/mol. The molecule has 2 aromatic rings. The van der Waals surface area contributed by atoms with Gasteiger partial charge < -0.3 is 15.3 Å². The number of hydrogen-bond donors (Lipinski definition) is 1. The number of ether oxygens (including phenoxy) is 1. The molecule has 156 valence electrons.